The Kier molecular flexibility index (Phi) is 5.27. The van der Waals surface area contributed by atoms with E-state index in [9.17, 15) is 14.4 Å². The summed E-state index contributed by atoms with van der Waals surface area (Å²) in [6.07, 6.45) is -0.453. The third kappa shape index (κ3) is 3.88. The van der Waals surface area contributed by atoms with E-state index >= 15 is 0 Å². The molecule has 0 unspecified atom stereocenters. The molecule has 0 radical (unpaired) electrons. The predicted octanol–water partition coefficient (Wildman–Crippen LogP) is 3.63. The van der Waals surface area contributed by atoms with Gasteiger partial charge in [-0.2, -0.15) is 0 Å². The number of nitrogens with one attached hydrogen (secondary N) is 2. The summed E-state index contributed by atoms with van der Waals surface area (Å²) in [6, 6.07) is 9.56. The zero-order chi connectivity index (χ0) is 18.8. The molecule has 0 aliphatic carbocycles. The second-order valence-corrected chi connectivity index (χ2v) is 6.55. The molecular weight excluding hydrogens is 401 g/mol. The van der Waals surface area contributed by atoms with Crippen molar-refractivity contribution >= 4 is 63.2 Å². The number of aromatic nitrogens is 2. The number of benzene rings is 2. The van der Waals surface area contributed by atoms with E-state index in [2.05, 4.69) is 15.3 Å². The summed E-state index contributed by atoms with van der Waals surface area (Å²) in [6.45, 7) is 0. The number of H-pyrrole nitrogens is 1. The van der Waals surface area contributed by atoms with Crippen LogP contribution >= 0.6 is 34.8 Å². The van der Waals surface area contributed by atoms with E-state index < -0.39 is 23.7 Å². The zero-order valence-electron chi connectivity index (χ0n) is 13.0. The van der Waals surface area contributed by atoms with Gasteiger partial charge in [-0.1, -0.05) is 46.9 Å². The minimum Gasteiger partial charge on any atom is -0.319 e. The van der Waals surface area contributed by atoms with Gasteiger partial charge in [-0.05, 0) is 24.3 Å². The summed E-state index contributed by atoms with van der Waals surface area (Å²) in [5.74, 6) is -1.79. The van der Waals surface area contributed by atoms with Gasteiger partial charge in [0.25, 0.3) is 11.5 Å². The number of amides is 1. The van der Waals surface area contributed by atoms with E-state index in [0.29, 0.717) is 11.0 Å². The molecule has 26 heavy (non-hydrogen) atoms. The maximum Gasteiger partial charge on any atom is 0.292 e. The number of anilines is 1. The minimum atomic E-state index is -0.945. The van der Waals surface area contributed by atoms with Crippen LogP contribution in [0.1, 0.15) is 5.69 Å². The van der Waals surface area contributed by atoms with Crippen LogP contribution < -0.4 is 10.9 Å². The number of carbonyl (C=O) groups is 2. The van der Waals surface area contributed by atoms with Crippen LogP contribution in [0.4, 0.5) is 5.69 Å². The fourth-order valence-corrected chi connectivity index (χ4v) is 2.82. The molecule has 9 heteroatoms. The molecule has 3 aromatic rings. The summed E-state index contributed by atoms with van der Waals surface area (Å²) in [4.78, 5) is 43.1. The van der Waals surface area contributed by atoms with Crippen molar-refractivity contribution in [3.8, 4) is 0 Å². The number of halogens is 3. The number of nitrogens with zero attached hydrogens (tertiary/aromatic N) is 1. The zero-order valence-corrected chi connectivity index (χ0v) is 15.2. The van der Waals surface area contributed by atoms with Crippen molar-refractivity contribution in [1.82, 2.24) is 9.97 Å². The highest BCUT2D eigenvalue weighted by Crippen LogP contribution is 2.32. The van der Waals surface area contributed by atoms with E-state index in [1.165, 1.54) is 12.1 Å². The van der Waals surface area contributed by atoms with Crippen molar-refractivity contribution in [3.63, 3.8) is 0 Å². The maximum atomic E-state index is 12.2. The van der Waals surface area contributed by atoms with Gasteiger partial charge in [0.2, 0.25) is 5.78 Å². The summed E-state index contributed by atoms with van der Waals surface area (Å²) >= 11 is 17.7. The van der Waals surface area contributed by atoms with Gasteiger partial charge < -0.3 is 10.3 Å². The molecule has 0 atom stereocenters. The van der Waals surface area contributed by atoms with E-state index in [4.69, 9.17) is 34.8 Å². The lowest BCUT2D eigenvalue weighted by molar-refractivity contribution is -0.134. The number of rotatable bonds is 4. The Morgan fingerprint density at radius 2 is 1.73 bits per heavy atom. The van der Waals surface area contributed by atoms with E-state index in [-0.39, 0.29) is 26.4 Å². The van der Waals surface area contributed by atoms with Gasteiger partial charge in [-0.25, -0.2) is 4.98 Å². The number of para-hydroxylation sites is 2. The molecule has 1 aromatic heterocycles. The second kappa shape index (κ2) is 7.45. The van der Waals surface area contributed by atoms with Crippen LogP contribution in [0.5, 0.6) is 0 Å². The highest BCUT2D eigenvalue weighted by Gasteiger charge is 2.19. The second-order valence-electron chi connectivity index (χ2n) is 5.33. The van der Waals surface area contributed by atoms with Crippen molar-refractivity contribution in [3.05, 3.63) is 67.5 Å². The van der Waals surface area contributed by atoms with Crippen molar-refractivity contribution in [1.29, 1.82) is 0 Å². The summed E-state index contributed by atoms with van der Waals surface area (Å²) < 4.78 is 0. The molecule has 1 heterocycles. The quantitative estimate of drug-likeness (QED) is 0.507. The third-order valence-electron chi connectivity index (χ3n) is 3.51. The third-order valence-corrected chi connectivity index (χ3v) is 4.54. The van der Waals surface area contributed by atoms with Gasteiger partial charge in [0, 0.05) is 0 Å². The molecule has 0 bridgehead atoms. The number of hydrogen-bond donors (Lipinski definition) is 2. The number of carbonyl (C=O) groups excluding carboxylic acids is 2. The SMILES string of the molecule is O=C(Cc1nc2ccccc2[nH]c1=O)C(=O)Nc1cc(Cl)c(Cl)cc1Cl. The molecule has 2 aromatic carbocycles. The number of aromatic amines is 1. The fraction of sp³-hybridized carbons (Fsp3) is 0.0588. The Bertz CT molecular complexity index is 1100. The molecule has 0 aliphatic rings. The van der Waals surface area contributed by atoms with E-state index in [0.717, 1.165) is 0 Å². The molecule has 6 nitrogen and oxygen atoms in total. The molecule has 0 fully saturated rings. The van der Waals surface area contributed by atoms with Crippen LogP contribution in [0.3, 0.4) is 0 Å². The number of Topliss-reactive ketones (excluding diaryl/α,β-unsaturated/α-hetero) is 1. The Hall–Kier alpha value is -2.41. The lowest BCUT2D eigenvalue weighted by Gasteiger charge is -2.08. The molecule has 2 N–H and O–H groups in total. The van der Waals surface area contributed by atoms with Crippen LogP contribution in [-0.2, 0) is 16.0 Å². The molecule has 0 saturated heterocycles. The Balaban J connectivity index is 1.80. The summed E-state index contributed by atoms with van der Waals surface area (Å²) in [7, 11) is 0. The van der Waals surface area contributed by atoms with Gasteiger partial charge >= 0.3 is 0 Å². The molecule has 0 saturated carbocycles. The highest BCUT2D eigenvalue weighted by atomic mass is 35.5. The molecule has 3 rings (SSSR count). The van der Waals surface area contributed by atoms with Gasteiger partial charge in [0.05, 0.1) is 38.2 Å². The number of hydrogen-bond acceptors (Lipinski definition) is 4. The molecular formula is C17H10Cl3N3O3. The van der Waals surface area contributed by atoms with Gasteiger partial charge in [0.15, 0.2) is 0 Å². The largest absolute Gasteiger partial charge is 0.319 e. The van der Waals surface area contributed by atoms with Crippen LogP contribution in [0.2, 0.25) is 15.1 Å². The first-order chi connectivity index (χ1) is 12.3. The van der Waals surface area contributed by atoms with Gasteiger partial charge in [-0.3, -0.25) is 14.4 Å². The standard InChI is InChI=1S/C17H10Cl3N3O3/c18-8-5-10(20)13(6-9(8)19)23-17(26)15(24)7-14-16(25)22-12-4-2-1-3-11(12)21-14/h1-6H,7H2,(H,22,25)(H,23,26). The smallest absolute Gasteiger partial charge is 0.292 e. The van der Waals surface area contributed by atoms with Crippen molar-refractivity contribution in [2.24, 2.45) is 0 Å². The fourth-order valence-electron chi connectivity index (χ4n) is 2.23. The normalized spacial score (nSPS) is 10.7. The molecule has 0 aliphatic heterocycles. The van der Waals surface area contributed by atoms with Gasteiger partial charge in [-0.15, -0.1) is 0 Å². The average molecular weight is 411 g/mol. The first kappa shape index (κ1) is 18.4. The van der Waals surface area contributed by atoms with Crippen LogP contribution in [0, 0.1) is 0 Å². The topological polar surface area (TPSA) is 91.9 Å². The average Bonchev–Trinajstić information content (AvgIpc) is 2.60. The van der Waals surface area contributed by atoms with Crippen molar-refractivity contribution in [2.75, 3.05) is 5.32 Å². The first-order valence-electron chi connectivity index (χ1n) is 7.32. The molecule has 132 valence electrons. The Morgan fingerprint density at radius 1 is 1.04 bits per heavy atom. The van der Waals surface area contributed by atoms with E-state index in [1.807, 2.05) is 0 Å². The van der Waals surface area contributed by atoms with Crippen LogP contribution in [0.25, 0.3) is 11.0 Å². The van der Waals surface area contributed by atoms with Crippen LogP contribution in [-0.4, -0.2) is 21.7 Å². The molecule has 1 amide bonds. The summed E-state index contributed by atoms with van der Waals surface area (Å²) in [5, 5.41) is 2.87. The lowest BCUT2D eigenvalue weighted by atomic mass is 10.2. The maximum absolute atomic E-state index is 12.2. The Morgan fingerprint density at radius 3 is 2.50 bits per heavy atom. The minimum absolute atomic E-state index is 0.0518. The number of ketones is 1. The Labute approximate surface area is 162 Å². The molecule has 0 spiro atoms. The van der Waals surface area contributed by atoms with Gasteiger partial charge in [0.1, 0.15) is 5.69 Å². The highest BCUT2D eigenvalue weighted by molar-refractivity contribution is 6.45. The van der Waals surface area contributed by atoms with Crippen LogP contribution in [0.15, 0.2) is 41.2 Å². The number of fused-ring (bicyclic) bond motifs is 1. The van der Waals surface area contributed by atoms with Crippen molar-refractivity contribution < 1.29 is 9.59 Å². The van der Waals surface area contributed by atoms with Crippen molar-refractivity contribution in [2.45, 2.75) is 6.42 Å². The monoisotopic (exact) mass is 409 g/mol. The lowest BCUT2D eigenvalue weighted by Crippen LogP contribution is -2.28. The van der Waals surface area contributed by atoms with E-state index in [1.54, 1.807) is 24.3 Å². The predicted molar refractivity (Wildman–Crippen MR) is 101 cm³/mol. The summed E-state index contributed by atoms with van der Waals surface area (Å²) in [5.41, 5.74) is 0.616. The first-order valence-corrected chi connectivity index (χ1v) is 8.45.